The molecule has 1 aliphatic carbocycles. The van der Waals surface area contributed by atoms with E-state index in [2.05, 4.69) is 29.2 Å². The van der Waals surface area contributed by atoms with E-state index < -0.39 is 0 Å². The van der Waals surface area contributed by atoms with Gasteiger partial charge >= 0.3 is 0 Å². The molecule has 1 heterocycles. The number of ether oxygens (including phenoxy) is 1. The van der Waals surface area contributed by atoms with Gasteiger partial charge in [-0.2, -0.15) is 0 Å². The van der Waals surface area contributed by atoms with Gasteiger partial charge in [0.1, 0.15) is 11.4 Å². The second-order valence-electron chi connectivity index (χ2n) is 5.55. The molecule has 1 aromatic heterocycles. The van der Waals surface area contributed by atoms with Crippen LogP contribution in [0.1, 0.15) is 46.1 Å². The third-order valence-corrected chi connectivity index (χ3v) is 4.07. The molecule has 0 fully saturated rings. The summed E-state index contributed by atoms with van der Waals surface area (Å²) in [5, 5.41) is 0. The van der Waals surface area contributed by atoms with Gasteiger partial charge < -0.3 is 4.74 Å². The number of aryl methyl sites for hydroxylation is 2. The second kappa shape index (κ2) is 6.08. The summed E-state index contributed by atoms with van der Waals surface area (Å²) in [5.74, 6) is 0.981. The predicted molar refractivity (Wildman–Crippen MR) is 82.0 cm³/mol. The quantitative estimate of drug-likeness (QED) is 0.802. The minimum Gasteiger partial charge on any atom is -0.491 e. The minimum atomic E-state index is 0.388. The summed E-state index contributed by atoms with van der Waals surface area (Å²) in [7, 11) is 0. The number of carbonyl (C=O) groups is 1. The third-order valence-electron chi connectivity index (χ3n) is 4.07. The van der Waals surface area contributed by atoms with E-state index in [9.17, 15) is 4.79 Å². The van der Waals surface area contributed by atoms with Gasteiger partial charge in [-0.05, 0) is 49.4 Å². The van der Waals surface area contributed by atoms with Gasteiger partial charge in [-0.1, -0.05) is 24.3 Å². The number of hydrogen-bond donors (Lipinski definition) is 0. The van der Waals surface area contributed by atoms with Crippen LogP contribution in [0.2, 0.25) is 0 Å². The Morgan fingerprint density at radius 1 is 1.29 bits per heavy atom. The van der Waals surface area contributed by atoms with E-state index in [1.807, 2.05) is 19.1 Å². The first kappa shape index (κ1) is 13.8. The number of aldehydes is 1. The lowest BCUT2D eigenvalue weighted by Gasteiger charge is -2.25. The molecule has 0 saturated heterocycles. The van der Waals surface area contributed by atoms with E-state index in [0.717, 1.165) is 24.8 Å². The summed E-state index contributed by atoms with van der Waals surface area (Å²) in [6, 6.07) is 12.3. The Bertz CT molecular complexity index is 651. The molecule has 2 aromatic rings. The summed E-state index contributed by atoms with van der Waals surface area (Å²) >= 11 is 0. The third kappa shape index (κ3) is 2.97. The van der Waals surface area contributed by atoms with Gasteiger partial charge in [0.2, 0.25) is 0 Å². The smallest absolute Gasteiger partial charge is 0.172 e. The van der Waals surface area contributed by atoms with Crippen molar-refractivity contribution in [2.75, 3.05) is 6.61 Å². The molecule has 0 amide bonds. The molecule has 0 radical (unpaired) electrons. The molecule has 1 aliphatic rings. The molecule has 3 nitrogen and oxygen atoms in total. The first-order valence-electron chi connectivity index (χ1n) is 7.41. The van der Waals surface area contributed by atoms with Gasteiger partial charge in [-0.3, -0.25) is 4.79 Å². The number of rotatable bonds is 4. The summed E-state index contributed by atoms with van der Waals surface area (Å²) in [5.41, 5.74) is 4.03. The van der Waals surface area contributed by atoms with E-state index in [4.69, 9.17) is 4.74 Å². The summed E-state index contributed by atoms with van der Waals surface area (Å²) in [6.07, 6.45) is 4.24. The summed E-state index contributed by atoms with van der Waals surface area (Å²) in [4.78, 5) is 15.3. The number of nitrogens with zero attached hydrogens (tertiary/aromatic N) is 1. The van der Waals surface area contributed by atoms with Crippen LogP contribution in [0, 0.1) is 6.92 Å². The van der Waals surface area contributed by atoms with Crippen molar-refractivity contribution in [3.8, 4) is 5.75 Å². The molecule has 3 rings (SSSR count). The summed E-state index contributed by atoms with van der Waals surface area (Å²) < 4.78 is 5.89. The van der Waals surface area contributed by atoms with Crippen molar-refractivity contribution in [3.63, 3.8) is 0 Å². The van der Waals surface area contributed by atoms with E-state index in [0.29, 0.717) is 24.0 Å². The molecule has 3 heteroatoms. The normalized spacial score (nSPS) is 17.1. The highest BCUT2D eigenvalue weighted by Gasteiger charge is 2.20. The van der Waals surface area contributed by atoms with Gasteiger partial charge in [0, 0.05) is 11.6 Å². The van der Waals surface area contributed by atoms with Crippen molar-refractivity contribution in [2.24, 2.45) is 0 Å². The van der Waals surface area contributed by atoms with Crippen LogP contribution in [0.15, 0.2) is 36.4 Å². The fourth-order valence-corrected chi connectivity index (χ4v) is 2.99. The molecule has 21 heavy (non-hydrogen) atoms. The molecule has 0 saturated carbocycles. The molecule has 1 unspecified atom stereocenters. The van der Waals surface area contributed by atoms with Gasteiger partial charge in [0.25, 0.3) is 0 Å². The zero-order valence-corrected chi connectivity index (χ0v) is 12.2. The van der Waals surface area contributed by atoms with Crippen LogP contribution in [0.25, 0.3) is 0 Å². The van der Waals surface area contributed by atoms with Crippen LogP contribution in [-0.2, 0) is 6.42 Å². The Kier molecular flexibility index (Phi) is 4.00. The lowest BCUT2D eigenvalue weighted by molar-refractivity contribution is 0.111. The molecular weight excluding hydrogens is 262 g/mol. The zero-order valence-electron chi connectivity index (χ0n) is 12.2. The average Bonchev–Trinajstić information content (AvgIpc) is 2.53. The van der Waals surface area contributed by atoms with Gasteiger partial charge in [-0.15, -0.1) is 0 Å². The lowest BCUT2D eigenvalue weighted by Crippen LogP contribution is -2.17. The predicted octanol–water partition coefficient (Wildman–Crippen LogP) is 3.70. The van der Waals surface area contributed by atoms with E-state index in [1.54, 1.807) is 0 Å². The number of aromatic nitrogens is 1. The average molecular weight is 281 g/mol. The topological polar surface area (TPSA) is 39.2 Å². The number of benzene rings is 1. The Morgan fingerprint density at radius 2 is 2.14 bits per heavy atom. The van der Waals surface area contributed by atoms with Crippen LogP contribution in [0.4, 0.5) is 0 Å². The number of fused-ring (bicyclic) bond motifs is 1. The van der Waals surface area contributed by atoms with Crippen LogP contribution in [-0.4, -0.2) is 17.9 Å². The van der Waals surface area contributed by atoms with Crippen molar-refractivity contribution in [3.05, 3.63) is 58.9 Å². The highest BCUT2D eigenvalue weighted by molar-refractivity contribution is 5.76. The maximum absolute atomic E-state index is 11.1. The van der Waals surface area contributed by atoms with Crippen LogP contribution < -0.4 is 4.74 Å². The standard InChI is InChI=1S/C18H19NO2/c1-13-9-10-18(17(11-20)19-13)21-12-15-7-4-6-14-5-2-3-8-16(14)15/h2-3,5,8-11,15H,4,6-7,12H2,1H3. The van der Waals surface area contributed by atoms with Crippen molar-refractivity contribution >= 4 is 6.29 Å². The first-order valence-corrected chi connectivity index (χ1v) is 7.41. The van der Waals surface area contributed by atoms with E-state index in [-0.39, 0.29) is 0 Å². The number of pyridine rings is 1. The molecule has 0 aliphatic heterocycles. The summed E-state index contributed by atoms with van der Waals surface area (Å²) in [6.45, 7) is 2.47. The zero-order chi connectivity index (χ0) is 14.7. The van der Waals surface area contributed by atoms with Gasteiger partial charge in [0.15, 0.2) is 6.29 Å². The Morgan fingerprint density at radius 3 is 3.00 bits per heavy atom. The Labute approximate surface area is 125 Å². The lowest BCUT2D eigenvalue weighted by atomic mass is 9.83. The van der Waals surface area contributed by atoms with Crippen molar-refractivity contribution in [1.29, 1.82) is 0 Å². The monoisotopic (exact) mass is 281 g/mol. The Balaban J connectivity index is 1.76. The maximum Gasteiger partial charge on any atom is 0.172 e. The van der Waals surface area contributed by atoms with Gasteiger partial charge in [0.05, 0.1) is 6.61 Å². The molecule has 0 N–H and O–H groups in total. The minimum absolute atomic E-state index is 0.388. The van der Waals surface area contributed by atoms with Crippen LogP contribution in [0.3, 0.4) is 0 Å². The van der Waals surface area contributed by atoms with Crippen LogP contribution in [0.5, 0.6) is 5.75 Å². The SMILES string of the molecule is Cc1ccc(OCC2CCCc3ccccc32)c(C=O)n1. The number of carbonyl (C=O) groups excluding carboxylic acids is 1. The maximum atomic E-state index is 11.1. The van der Waals surface area contributed by atoms with Crippen molar-refractivity contribution in [1.82, 2.24) is 4.98 Å². The first-order chi connectivity index (χ1) is 10.3. The highest BCUT2D eigenvalue weighted by atomic mass is 16.5. The molecule has 1 atom stereocenters. The van der Waals surface area contributed by atoms with Crippen molar-refractivity contribution < 1.29 is 9.53 Å². The van der Waals surface area contributed by atoms with E-state index in [1.165, 1.54) is 17.5 Å². The molecular formula is C18H19NO2. The largest absolute Gasteiger partial charge is 0.491 e. The van der Waals surface area contributed by atoms with Crippen LogP contribution >= 0.6 is 0 Å². The second-order valence-corrected chi connectivity index (χ2v) is 5.55. The molecule has 0 bridgehead atoms. The number of hydrogen-bond acceptors (Lipinski definition) is 3. The Hall–Kier alpha value is -2.16. The fraction of sp³-hybridized carbons (Fsp3) is 0.333. The molecule has 1 aromatic carbocycles. The highest BCUT2D eigenvalue weighted by Crippen LogP contribution is 2.32. The van der Waals surface area contributed by atoms with E-state index >= 15 is 0 Å². The van der Waals surface area contributed by atoms with Gasteiger partial charge in [-0.25, -0.2) is 4.98 Å². The molecule has 0 spiro atoms. The molecule has 108 valence electrons. The van der Waals surface area contributed by atoms with Crippen molar-refractivity contribution in [2.45, 2.75) is 32.1 Å². The fourth-order valence-electron chi connectivity index (χ4n) is 2.99.